The molecule has 0 aliphatic heterocycles. The van der Waals surface area contributed by atoms with E-state index in [-0.39, 0.29) is 0 Å². The minimum atomic E-state index is 0.400. The molecule has 0 N–H and O–H groups in total. The van der Waals surface area contributed by atoms with Crippen LogP contribution in [0.4, 0.5) is 0 Å². The fourth-order valence-electron chi connectivity index (χ4n) is 1.75. The number of hydrogen-bond donors (Lipinski definition) is 0. The maximum atomic E-state index is 8.71. The zero-order valence-electron chi connectivity index (χ0n) is 10.0. The number of aryl methyl sites for hydroxylation is 1. The minimum absolute atomic E-state index is 0.400. The SMILES string of the molecule is CCCc1cc(CC#N)cc(OC)c1OC. The summed E-state index contributed by atoms with van der Waals surface area (Å²) in [5.74, 6) is 1.49. The van der Waals surface area contributed by atoms with Gasteiger partial charge in [-0.15, -0.1) is 0 Å². The summed E-state index contributed by atoms with van der Waals surface area (Å²) in [6, 6.07) is 6.03. The second kappa shape index (κ2) is 6.02. The van der Waals surface area contributed by atoms with E-state index in [1.807, 2.05) is 12.1 Å². The van der Waals surface area contributed by atoms with Crippen LogP contribution in [0.5, 0.6) is 11.5 Å². The van der Waals surface area contributed by atoms with E-state index in [9.17, 15) is 0 Å². The lowest BCUT2D eigenvalue weighted by Gasteiger charge is -2.13. The number of rotatable bonds is 5. The number of hydrogen-bond acceptors (Lipinski definition) is 3. The van der Waals surface area contributed by atoms with Crippen molar-refractivity contribution in [1.29, 1.82) is 5.26 Å². The molecule has 0 saturated heterocycles. The highest BCUT2D eigenvalue weighted by Crippen LogP contribution is 2.33. The highest BCUT2D eigenvalue weighted by atomic mass is 16.5. The van der Waals surface area contributed by atoms with Gasteiger partial charge >= 0.3 is 0 Å². The molecule has 1 rings (SSSR count). The van der Waals surface area contributed by atoms with Crippen molar-refractivity contribution >= 4 is 0 Å². The number of ether oxygens (including phenoxy) is 2. The molecule has 0 unspecified atom stereocenters. The lowest BCUT2D eigenvalue weighted by Crippen LogP contribution is -1.98. The summed E-state index contributed by atoms with van der Waals surface area (Å²) in [7, 11) is 3.25. The lowest BCUT2D eigenvalue weighted by atomic mass is 10.0. The summed E-state index contributed by atoms with van der Waals surface area (Å²) < 4.78 is 10.6. The maximum absolute atomic E-state index is 8.71. The molecule has 86 valence electrons. The van der Waals surface area contributed by atoms with Crippen molar-refractivity contribution in [2.24, 2.45) is 0 Å². The lowest BCUT2D eigenvalue weighted by molar-refractivity contribution is 0.351. The van der Waals surface area contributed by atoms with E-state index in [4.69, 9.17) is 14.7 Å². The first-order valence-corrected chi connectivity index (χ1v) is 5.37. The molecular weight excluding hydrogens is 202 g/mol. The van der Waals surface area contributed by atoms with Crippen LogP contribution in [-0.2, 0) is 12.8 Å². The van der Waals surface area contributed by atoms with Crippen LogP contribution in [0.25, 0.3) is 0 Å². The van der Waals surface area contributed by atoms with Crippen LogP contribution < -0.4 is 9.47 Å². The summed E-state index contributed by atoms with van der Waals surface area (Å²) in [6.07, 6.45) is 2.37. The van der Waals surface area contributed by atoms with Crippen molar-refractivity contribution in [2.75, 3.05) is 14.2 Å². The van der Waals surface area contributed by atoms with Crippen molar-refractivity contribution in [3.8, 4) is 17.6 Å². The first-order chi connectivity index (χ1) is 7.76. The molecule has 16 heavy (non-hydrogen) atoms. The summed E-state index contributed by atoms with van der Waals surface area (Å²) in [6.45, 7) is 2.11. The monoisotopic (exact) mass is 219 g/mol. The molecule has 0 fully saturated rings. The third kappa shape index (κ3) is 2.66. The van der Waals surface area contributed by atoms with E-state index in [0.29, 0.717) is 12.2 Å². The van der Waals surface area contributed by atoms with Crippen LogP contribution >= 0.6 is 0 Å². The molecular formula is C13H17NO2. The second-order valence-electron chi connectivity index (χ2n) is 3.58. The third-order valence-electron chi connectivity index (χ3n) is 2.42. The molecule has 0 aromatic heterocycles. The van der Waals surface area contributed by atoms with Gasteiger partial charge in [-0.25, -0.2) is 0 Å². The number of nitrogens with zero attached hydrogens (tertiary/aromatic N) is 1. The molecule has 1 aromatic carbocycles. The molecule has 0 radical (unpaired) electrons. The third-order valence-corrected chi connectivity index (χ3v) is 2.42. The van der Waals surface area contributed by atoms with Crippen LogP contribution in [0, 0.1) is 11.3 Å². The molecule has 1 aromatic rings. The highest BCUT2D eigenvalue weighted by Gasteiger charge is 2.11. The fourth-order valence-corrected chi connectivity index (χ4v) is 1.75. The Morgan fingerprint density at radius 2 is 2.00 bits per heavy atom. The van der Waals surface area contributed by atoms with Gasteiger partial charge in [-0.3, -0.25) is 0 Å². The Kier molecular flexibility index (Phi) is 4.65. The highest BCUT2D eigenvalue weighted by molar-refractivity contribution is 5.50. The van der Waals surface area contributed by atoms with Crippen LogP contribution in [0.2, 0.25) is 0 Å². The predicted molar refractivity (Wildman–Crippen MR) is 62.9 cm³/mol. The van der Waals surface area contributed by atoms with Gasteiger partial charge in [0.15, 0.2) is 11.5 Å². The zero-order valence-corrected chi connectivity index (χ0v) is 10.0. The topological polar surface area (TPSA) is 42.2 Å². The smallest absolute Gasteiger partial charge is 0.163 e. The van der Waals surface area contributed by atoms with E-state index in [1.54, 1.807) is 14.2 Å². The molecule has 3 nitrogen and oxygen atoms in total. The zero-order chi connectivity index (χ0) is 12.0. The van der Waals surface area contributed by atoms with Crippen molar-refractivity contribution in [3.63, 3.8) is 0 Å². The van der Waals surface area contributed by atoms with Crippen molar-refractivity contribution in [1.82, 2.24) is 0 Å². The Bertz CT molecular complexity index is 394. The van der Waals surface area contributed by atoms with Gasteiger partial charge in [0.2, 0.25) is 0 Å². The number of benzene rings is 1. The first kappa shape index (κ1) is 12.4. The molecule has 0 aliphatic rings. The van der Waals surface area contributed by atoms with Gasteiger partial charge in [-0.2, -0.15) is 5.26 Å². The van der Waals surface area contributed by atoms with Gasteiger partial charge in [0, 0.05) is 0 Å². The molecule has 0 bridgehead atoms. The summed E-state index contributed by atoms with van der Waals surface area (Å²) in [5.41, 5.74) is 2.08. The Balaban J connectivity index is 3.20. The average Bonchev–Trinajstić information content (AvgIpc) is 2.29. The van der Waals surface area contributed by atoms with E-state index in [1.165, 1.54) is 0 Å². The van der Waals surface area contributed by atoms with E-state index in [2.05, 4.69) is 13.0 Å². The minimum Gasteiger partial charge on any atom is -0.493 e. The normalized spacial score (nSPS) is 9.62. The Labute approximate surface area is 96.6 Å². The average molecular weight is 219 g/mol. The van der Waals surface area contributed by atoms with Crippen molar-refractivity contribution in [2.45, 2.75) is 26.2 Å². The quantitative estimate of drug-likeness (QED) is 0.764. The van der Waals surface area contributed by atoms with Crippen molar-refractivity contribution in [3.05, 3.63) is 23.3 Å². The van der Waals surface area contributed by atoms with Gasteiger partial charge in [-0.1, -0.05) is 19.4 Å². The molecule has 0 aliphatic carbocycles. The van der Waals surface area contributed by atoms with Crippen molar-refractivity contribution < 1.29 is 9.47 Å². The van der Waals surface area contributed by atoms with Crippen LogP contribution in [0.1, 0.15) is 24.5 Å². The molecule has 0 saturated carbocycles. The van der Waals surface area contributed by atoms with Gasteiger partial charge in [0.25, 0.3) is 0 Å². The van der Waals surface area contributed by atoms with Gasteiger partial charge in [0.05, 0.1) is 26.7 Å². The second-order valence-corrected chi connectivity index (χ2v) is 3.58. The summed E-state index contributed by atoms with van der Waals surface area (Å²) in [5, 5.41) is 8.71. The molecule has 0 heterocycles. The molecule has 0 spiro atoms. The predicted octanol–water partition coefficient (Wildman–Crippen LogP) is 2.72. The van der Waals surface area contributed by atoms with Crippen LogP contribution in [-0.4, -0.2) is 14.2 Å². The molecule has 0 amide bonds. The van der Waals surface area contributed by atoms with E-state index < -0.39 is 0 Å². The molecule has 3 heteroatoms. The molecule has 0 atom stereocenters. The largest absolute Gasteiger partial charge is 0.493 e. The standard InChI is InChI=1S/C13H17NO2/c1-4-5-11-8-10(6-7-14)9-12(15-2)13(11)16-3/h8-9H,4-6H2,1-3H3. The van der Waals surface area contributed by atoms with E-state index in [0.717, 1.165) is 29.7 Å². The maximum Gasteiger partial charge on any atom is 0.163 e. The van der Waals surface area contributed by atoms with Gasteiger partial charge in [-0.05, 0) is 23.6 Å². The van der Waals surface area contributed by atoms with Crippen LogP contribution in [0.15, 0.2) is 12.1 Å². The summed E-state index contributed by atoms with van der Waals surface area (Å²) in [4.78, 5) is 0. The van der Waals surface area contributed by atoms with Crippen LogP contribution in [0.3, 0.4) is 0 Å². The Morgan fingerprint density at radius 1 is 1.25 bits per heavy atom. The van der Waals surface area contributed by atoms with Gasteiger partial charge in [0.1, 0.15) is 0 Å². The van der Waals surface area contributed by atoms with E-state index >= 15 is 0 Å². The van der Waals surface area contributed by atoms with Gasteiger partial charge < -0.3 is 9.47 Å². The fraction of sp³-hybridized carbons (Fsp3) is 0.462. The first-order valence-electron chi connectivity index (χ1n) is 5.37. The summed E-state index contributed by atoms with van der Waals surface area (Å²) >= 11 is 0. The Morgan fingerprint density at radius 3 is 2.50 bits per heavy atom. The number of methoxy groups -OCH3 is 2. The number of nitriles is 1. The Hall–Kier alpha value is -1.69.